The molecule has 0 saturated heterocycles. The first kappa shape index (κ1) is 14.7. The van der Waals surface area contributed by atoms with E-state index >= 15 is 0 Å². The Morgan fingerprint density at radius 2 is 1.75 bits per heavy atom. The van der Waals surface area contributed by atoms with E-state index in [0.717, 1.165) is 16.7 Å². The summed E-state index contributed by atoms with van der Waals surface area (Å²) in [5, 5.41) is 0. The third kappa shape index (κ3) is 3.46. The van der Waals surface area contributed by atoms with E-state index in [-0.39, 0.29) is 5.78 Å². The van der Waals surface area contributed by atoms with E-state index in [1.165, 1.54) is 11.3 Å². The zero-order chi connectivity index (χ0) is 14.9. The van der Waals surface area contributed by atoms with Crippen LogP contribution in [0.15, 0.2) is 30.3 Å². The van der Waals surface area contributed by atoms with Crippen LogP contribution in [0.3, 0.4) is 0 Å². The molecule has 0 bridgehead atoms. The average Bonchev–Trinajstić information content (AvgIpc) is 2.68. The number of nitrogens with one attached hydrogen (secondary N) is 1. The molecular formula is C14H15NO3S2. The molecule has 0 unspecified atom stereocenters. The zero-order valence-corrected chi connectivity index (χ0v) is 13.1. The molecule has 0 fully saturated rings. The van der Waals surface area contributed by atoms with Crippen molar-refractivity contribution in [2.24, 2.45) is 0 Å². The summed E-state index contributed by atoms with van der Waals surface area (Å²) in [4.78, 5) is 14.1. The molecule has 2 aromatic rings. The minimum Gasteiger partial charge on any atom is -0.288 e. The molecule has 0 amide bonds. The molecule has 0 aliphatic heterocycles. The van der Waals surface area contributed by atoms with Crippen LogP contribution >= 0.6 is 11.3 Å². The molecule has 4 nitrogen and oxygen atoms in total. The molecule has 0 aliphatic carbocycles. The molecule has 0 radical (unpaired) electrons. The van der Waals surface area contributed by atoms with Crippen LogP contribution in [0, 0.1) is 13.8 Å². The van der Waals surface area contributed by atoms with Crippen molar-refractivity contribution in [1.29, 1.82) is 0 Å². The first-order valence-electron chi connectivity index (χ1n) is 5.96. The summed E-state index contributed by atoms with van der Waals surface area (Å²) < 4.78 is 24.6. The molecule has 0 aliphatic rings. The topological polar surface area (TPSA) is 63.2 Å². The molecule has 1 N–H and O–H groups in total. The molecule has 0 spiro atoms. The van der Waals surface area contributed by atoms with Gasteiger partial charge in [-0.1, -0.05) is 0 Å². The van der Waals surface area contributed by atoms with E-state index in [1.54, 1.807) is 24.3 Å². The Morgan fingerprint density at radius 3 is 2.20 bits per heavy atom. The molecule has 1 aromatic heterocycles. The highest BCUT2D eigenvalue weighted by molar-refractivity contribution is 7.92. The molecule has 106 valence electrons. The highest BCUT2D eigenvalue weighted by atomic mass is 32.2. The van der Waals surface area contributed by atoms with Crippen molar-refractivity contribution in [1.82, 2.24) is 0 Å². The Balaban J connectivity index is 2.24. The molecular weight excluding hydrogens is 294 g/mol. The predicted octanol–water partition coefficient (Wildman–Crippen LogP) is 2.97. The van der Waals surface area contributed by atoms with Crippen molar-refractivity contribution < 1.29 is 13.2 Å². The number of sulfonamides is 1. The number of hydrogen-bond donors (Lipinski definition) is 1. The first-order valence-corrected chi connectivity index (χ1v) is 8.66. The van der Waals surface area contributed by atoms with Crippen LogP contribution in [0.25, 0.3) is 0 Å². The summed E-state index contributed by atoms with van der Waals surface area (Å²) in [7, 11) is -3.30. The molecule has 0 atom stereocenters. The van der Waals surface area contributed by atoms with Crippen molar-refractivity contribution >= 4 is 32.8 Å². The van der Waals surface area contributed by atoms with Crippen molar-refractivity contribution in [2.45, 2.75) is 13.8 Å². The first-order chi connectivity index (χ1) is 9.26. The van der Waals surface area contributed by atoms with Gasteiger partial charge in [0.2, 0.25) is 15.8 Å². The number of aryl methyl sites for hydroxylation is 2. The number of ketones is 1. The van der Waals surface area contributed by atoms with Crippen molar-refractivity contribution in [3.63, 3.8) is 0 Å². The molecule has 6 heteroatoms. The van der Waals surface area contributed by atoms with Gasteiger partial charge in [-0.2, -0.15) is 0 Å². The summed E-state index contributed by atoms with van der Waals surface area (Å²) in [5.74, 6) is -0.0443. The fourth-order valence-electron chi connectivity index (χ4n) is 1.73. The second-order valence-corrected chi connectivity index (χ2v) is 7.64. The smallest absolute Gasteiger partial charge is 0.229 e. The maximum atomic E-state index is 12.3. The predicted molar refractivity (Wildman–Crippen MR) is 82.1 cm³/mol. The third-order valence-electron chi connectivity index (χ3n) is 2.84. The summed E-state index contributed by atoms with van der Waals surface area (Å²) in [6.07, 6.45) is 1.09. The number of carbonyl (C=O) groups excluding carboxylic acids is 1. The SMILES string of the molecule is Cc1cc(C(=O)c2ccc(NS(C)(=O)=O)cc2)sc1C. The van der Waals surface area contributed by atoms with E-state index in [2.05, 4.69) is 4.72 Å². The Hall–Kier alpha value is -1.66. The molecule has 1 aromatic carbocycles. The third-order valence-corrected chi connectivity index (χ3v) is 4.60. The van der Waals surface area contributed by atoms with Crippen molar-refractivity contribution in [3.05, 3.63) is 51.2 Å². The molecule has 1 heterocycles. The average molecular weight is 309 g/mol. The zero-order valence-electron chi connectivity index (χ0n) is 11.4. The highest BCUT2D eigenvalue weighted by Crippen LogP contribution is 2.24. The van der Waals surface area contributed by atoms with Gasteiger partial charge in [0, 0.05) is 16.1 Å². The summed E-state index contributed by atoms with van der Waals surface area (Å²) in [6.45, 7) is 3.96. The lowest BCUT2D eigenvalue weighted by molar-refractivity contribution is 0.104. The minimum absolute atomic E-state index is 0.0443. The van der Waals surface area contributed by atoms with Crippen LogP contribution in [0.5, 0.6) is 0 Å². The van der Waals surface area contributed by atoms with Gasteiger partial charge in [0.05, 0.1) is 11.1 Å². The van der Waals surface area contributed by atoms with Crippen LogP contribution in [0.1, 0.15) is 25.7 Å². The Kier molecular flexibility index (Phi) is 3.96. The summed E-state index contributed by atoms with van der Waals surface area (Å²) in [5.41, 5.74) is 2.10. The van der Waals surface area contributed by atoms with Crippen LogP contribution in [0.4, 0.5) is 5.69 Å². The second-order valence-electron chi connectivity index (χ2n) is 4.63. The van der Waals surface area contributed by atoms with E-state index in [4.69, 9.17) is 0 Å². The normalized spacial score (nSPS) is 11.3. The lowest BCUT2D eigenvalue weighted by atomic mass is 10.1. The number of hydrogen-bond acceptors (Lipinski definition) is 4. The van der Waals surface area contributed by atoms with E-state index in [9.17, 15) is 13.2 Å². The van der Waals surface area contributed by atoms with Crippen LogP contribution < -0.4 is 4.72 Å². The molecule has 20 heavy (non-hydrogen) atoms. The van der Waals surface area contributed by atoms with Crippen LogP contribution in [-0.4, -0.2) is 20.5 Å². The molecule has 0 saturated carbocycles. The Bertz CT molecular complexity index is 724. The number of benzene rings is 1. The maximum absolute atomic E-state index is 12.3. The van der Waals surface area contributed by atoms with E-state index < -0.39 is 10.0 Å². The Labute approximate surface area is 122 Å². The number of anilines is 1. The van der Waals surface area contributed by atoms with Crippen molar-refractivity contribution in [2.75, 3.05) is 11.0 Å². The summed E-state index contributed by atoms with van der Waals surface area (Å²) in [6, 6.07) is 8.30. The highest BCUT2D eigenvalue weighted by Gasteiger charge is 2.13. The van der Waals surface area contributed by atoms with Gasteiger partial charge in [-0.05, 0) is 49.7 Å². The monoisotopic (exact) mass is 309 g/mol. The lowest BCUT2D eigenvalue weighted by Crippen LogP contribution is -2.09. The fraction of sp³-hybridized carbons (Fsp3) is 0.214. The lowest BCUT2D eigenvalue weighted by Gasteiger charge is -2.04. The van der Waals surface area contributed by atoms with Gasteiger partial charge >= 0.3 is 0 Å². The van der Waals surface area contributed by atoms with Gasteiger partial charge in [0.15, 0.2) is 0 Å². The van der Waals surface area contributed by atoms with Gasteiger partial charge in [0.25, 0.3) is 0 Å². The van der Waals surface area contributed by atoms with E-state index in [0.29, 0.717) is 16.1 Å². The number of thiophene rings is 1. The van der Waals surface area contributed by atoms with Gasteiger partial charge < -0.3 is 0 Å². The second kappa shape index (κ2) is 5.38. The van der Waals surface area contributed by atoms with Gasteiger partial charge in [-0.3, -0.25) is 9.52 Å². The van der Waals surface area contributed by atoms with Gasteiger partial charge in [0.1, 0.15) is 0 Å². The van der Waals surface area contributed by atoms with E-state index in [1.807, 2.05) is 19.9 Å². The largest absolute Gasteiger partial charge is 0.288 e. The quantitative estimate of drug-likeness (QED) is 0.883. The van der Waals surface area contributed by atoms with Crippen LogP contribution in [-0.2, 0) is 10.0 Å². The standard InChI is InChI=1S/C14H15NO3S2/c1-9-8-13(19-10(9)2)14(16)11-4-6-12(7-5-11)15-20(3,17)18/h4-8,15H,1-3H3. The molecule has 2 rings (SSSR count). The van der Waals surface area contributed by atoms with Gasteiger partial charge in [-0.15, -0.1) is 11.3 Å². The van der Waals surface area contributed by atoms with Crippen LogP contribution in [0.2, 0.25) is 0 Å². The fourth-order valence-corrected chi connectivity index (χ4v) is 3.29. The van der Waals surface area contributed by atoms with Gasteiger partial charge in [-0.25, -0.2) is 8.42 Å². The summed E-state index contributed by atoms with van der Waals surface area (Å²) >= 11 is 1.47. The Morgan fingerprint density at radius 1 is 1.15 bits per heavy atom. The number of rotatable bonds is 4. The minimum atomic E-state index is -3.30. The number of carbonyl (C=O) groups is 1. The maximum Gasteiger partial charge on any atom is 0.229 e. The van der Waals surface area contributed by atoms with Crippen molar-refractivity contribution in [3.8, 4) is 0 Å².